The van der Waals surface area contributed by atoms with Crippen molar-refractivity contribution < 1.29 is 14.5 Å². The average Bonchev–Trinajstić information content (AvgIpc) is 2.94. The molecule has 2 rings (SSSR count). The van der Waals surface area contributed by atoms with Gasteiger partial charge < -0.3 is 9.30 Å². The molecule has 0 amide bonds. The molecule has 0 saturated heterocycles. The average molecular weight is 422 g/mol. The van der Waals surface area contributed by atoms with Crippen LogP contribution in [0.5, 0.6) is 0 Å². The number of aryl methyl sites for hydroxylation is 1. The molecule has 29 heavy (non-hydrogen) atoms. The summed E-state index contributed by atoms with van der Waals surface area (Å²) >= 11 is 6.44. The topological polar surface area (TPSA) is 87.3 Å². The zero-order valence-corrected chi connectivity index (χ0v) is 18.1. The van der Waals surface area contributed by atoms with Crippen LogP contribution in [0.15, 0.2) is 24.3 Å². The lowest BCUT2D eigenvalue weighted by Crippen LogP contribution is -2.22. The maximum atomic E-state index is 12.3. The number of esters is 1. The van der Waals surface area contributed by atoms with Crippen molar-refractivity contribution >= 4 is 23.3 Å². The van der Waals surface area contributed by atoms with Gasteiger partial charge in [0.05, 0.1) is 22.6 Å². The molecule has 0 radical (unpaired) electrons. The van der Waals surface area contributed by atoms with Gasteiger partial charge in [0.2, 0.25) is 0 Å². The predicted octanol–water partition coefficient (Wildman–Crippen LogP) is 4.97. The molecule has 1 heterocycles. The van der Waals surface area contributed by atoms with E-state index in [0.717, 1.165) is 36.3 Å². The maximum Gasteiger partial charge on any atom is 0.309 e. The highest BCUT2D eigenvalue weighted by atomic mass is 35.5. The van der Waals surface area contributed by atoms with Crippen molar-refractivity contribution in [1.82, 2.24) is 9.55 Å². The Morgan fingerprint density at radius 1 is 1.28 bits per heavy atom. The predicted molar refractivity (Wildman–Crippen MR) is 112 cm³/mol. The standard InChI is InChI=1S/C21H28ClN3O4/c1-5-6-7-19-23-20(22)18(12-15(4)21(26)29-14(2)3)24(19)13-16-8-10-17(11-9-16)25(27)28/h8-11,14-15H,5-7,12-13H2,1-4H3. The summed E-state index contributed by atoms with van der Waals surface area (Å²) in [4.78, 5) is 27.3. The van der Waals surface area contributed by atoms with Gasteiger partial charge >= 0.3 is 5.97 Å². The Morgan fingerprint density at radius 3 is 2.48 bits per heavy atom. The summed E-state index contributed by atoms with van der Waals surface area (Å²) in [6.45, 7) is 8.04. The molecule has 0 aliphatic heterocycles. The van der Waals surface area contributed by atoms with Crippen molar-refractivity contribution in [3.05, 3.63) is 56.6 Å². The van der Waals surface area contributed by atoms with Crippen LogP contribution in [0.1, 0.15) is 57.6 Å². The van der Waals surface area contributed by atoms with Crippen LogP contribution in [0.2, 0.25) is 5.15 Å². The molecule has 0 aliphatic rings. The summed E-state index contributed by atoms with van der Waals surface area (Å²) < 4.78 is 7.34. The molecule has 1 aromatic carbocycles. The lowest BCUT2D eigenvalue weighted by Gasteiger charge is -2.16. The number of halogens is 1. The normalized spacial score (nSPS) is 12.2. The lowest BCUT2D eigenvalue weighted by molar-refractivity contribution is -0.384. The molecule has 1 aromatic heterocycles. The van der Waals surface area contributed by atoms with Crippen molar-refractivity contribution in [2.45, 2.75) is 66.0 Å². The van der Waals surface area contributed by atoms with Crippen LogP contribution in [0.25, 0.3) is 0 Å². The van der Waals surface area contributed by atoms with Gasteiger partial charge in [-0.25, -0.2) is 4.98 Å². The number of rotatable bonds is 10. The molecule has 0 fully saturated rings. The minimum atomic E-state index is -0.419. The van der Waals surface area contributed by atoms with E-state index in [4.69, 9.17) is 16.3 Å². The fourth-order valence-corrected chi connectivity index (χ4v) is 3.32. The molecule has 1 unspecified atom stereocenters. The van der Waals surface area contributed by atoms with E-state index in [2.05, 4.69) is 11.9 Å². The summed E-state index contributed by atoms with van der Waals surface area (Å²) in [7, 11) is 0. The molecular weight excluding hydrogens is 394 g/mol. The number of unbranched alkanes of at least 4 members (excludes halogenated alkanes) is 1. The van der Waals surface area contributed by atoms with Crippen LogP contribution in [0.3, 0.4) is 0 Å². The first-order valence-electron chi connectivity index (χ1n) is 9.90. The van der Waals surface area contributed by atoms with Crippen molar-refractivity contribution in [3.63, 3.8) is 0 Å². The van der Waals surface area contributed by atoms with Crippen LogP contribution in [-0.2, 0) is 28.9 Å². The quantitative estimate of drug-likeness (QED) is 0.307. The Balaban J connectivity index is 2.31. The van der Waals surface area contributed by atoms with E-state index in [1.807, 2.05) is 25.3 Å². The second-order valence-corrected chi connectivity index (χ2v) is 7.83. The molecule has 1 atom stereocenters. The van der Waals surface area contributed by atoms with Gasteiger partial charge in [-0.15, -0.1) is 0 Å². The molecule has 0 aliphatic carbocycles. The monoisotopic (exact) mass is 421 g/mol. The molecule has 2 aromatic rings. The smallest absolute Gasteiger partial charge is 0.309 e. The number of nitro benzene ring substituents is 1. The van der Waals surface area contributed by atoms with Crippen molar-refractivity contribution in [2.75, 3.05) is 0 Å². The molecule has 7 nitrogen and oxygen atoms in total. The third-order valence-corrected chi connectivity index (χ3v) is 4.90. The van der Waals surface area contributed by atoms with Gasteiger partial charge in [-0.1, -0.05) is 44.0 Å². The van der Waals surface area contributed by atoms with Crippen molar-refractivity contribution in [2.24, 2.45) is 5.92 Å². The first kappa shape index (κ1) is 22.9. The van der Waals surface area contributed by atoms with Crippen LogP contribution in [0, 0.1) is 16.0 Å². The Labute approximate surface area is 176 Å². The summed E-state index contributed by atoms with van der Waals surface area (Å²) in [6.07, 6.45) is 3.00. The number of benzene rings is 1. The fraction of sp³-hybridized carbons (Fsp3) is 0.524. The van der Waals surface area contributed by atoms with E-state index in [1.54, 1.807) is 12.1 Å². The van der Waals surface area contributed by atoms with Crippen LogP contribution >= 0.6 is 11.6 Å². The summed E-state index contributed by atoms with van der Waals surface area (Å²) in [5, 5.41) is 11.3. The van der Waals surface area contributed by atoms with Gasteiger partial charge in [0.25, 0.3) is 5.69 Å². The molecule has 0 saturated carbocycles. The number of hydrogen-bond acceptors (Lipinski definition) is 5. The second kappa shape index (κ2) is 10.4. The first-order valence-corrected chi connectivity index (χ1v) is 10.3. The number of ether oxygens (including phenoxy) is 1. The number of nitro groups is 1. The molecule has 8 heteroatoms. The maximum absolute atomic E-state index is 12.3. The number of carbonyl (C=O) groups excluding carboxylic acids is 1. The molecular formula is C21H28ClN3O4. The summed E-state index contributed by atoms with van der Waals surface area (Å²) in [6, 6.07) is 6.44. The Bertz CT molecular complexity index is 846. The third-order valence-electron chi connectivity index (χ3n) is 4.60. The van der Waals surface area contributed by atoms with E-state index in [9.17, 15) is 14.9 Å². The van der Waals surface area contributed by atoms with Crippen LogP contribution in [0.4, 0.5) is 5.69 Å². The zero-order valence-electron chi connectivity index (χ0n) is 17.4. The zero-order chi connectivity index (χ0) is 21.6. The number of imidazole rings is 1. The molecule has 0 N–H and O–H groups in total. The number of carbonyl (C=O) groups is 1. The molecule has 0 bridgehead atoms. The van der Waals surface area contributed by atoms with Crippen LogP contribution in [-0.4, -0.2) is 26.5 Å². The van der Waals surface area contributed by atoms with Gasteiger partial charge in [-0.05, 0) is 25.8 Å². The van der Waals surface area contributed by atoms with Crippen molar-refractivity contribution in [3.8, 4) is 0 Å². The van der Waals surface area contributed by atoms with Gasteiger partial charge in [0, 0.05) is 31.5 Å². The van der Waals surface area contributed by atoms with E-state index in [1.165, 1.54) is 12.1 Å². The van der Waals surface area contributed by atoms with E-state index < -0.39 is 4.92 Å². The minimum absolute atomic E-state index is 0.0499. The lowest BCUT2D eigenvalue weighted by atomic mass is 10.1. The van der Waals surface area contributed by atoms with E-state index >= 15 is 0 Å². The number of nitrogens with zero attached hydrogens (tertiary/aromatic N) is 3. The third kappa shape index (κ3) is 6.29. The minimum Gasteiger partial charge on any atom is -0.463 e. The number of aromatic nitrogens is 2. The van der Waals surface area contributed by atoms with E-state index in [0.29, 0.717) is 18.1 Å². The Kier molecular flexibility index (Phi) is 8.20. The van der Waals surface area contributed by atoms with E-state index in [-0.39, 0.29) is 23.7 Å². The SMILES string of the molecule is CCCCc1nc(Cl)c(CC(C)C(=O)OC(C)C)n1Cc1ccc([N+](=O)[O-])cc1. The summed E-state index contributed by atoms with van der Waals surface area (Å²) in [5.74, 6) is 0.227. The molecule has 0 spiro atoms. The van der Waals surface area contributed by atoms with Crippen LogP contribution < -0.4 is 0 Å². The van der Waals surface area contributed by atoms with Gasteiger partial charge in [0.15, 0.2) is 5.15 Å². The highest BCUT2D eigenvalue weighted by Crippen LogP contribution is 2.25. The summed E-state index contributed by atoms with van der Waals surface area (Å²) in [5.41, 5.74) is 1.74. The largest absolute Gasteiger partial charge is 0.463 e. The van der Waals surface area contributed by atoms with Crippen molar-refractivity contribution in [1.29, 1.82) is 0 Å². The fourth-order valence-electron chi connectivity index (χ4n) is 3.04. The number of hydrogen-bond donors (Lipinski definition) is 0. The Hall–Kier alpha value is -2.41. The van der Waals surface area contributed by atoms with Gasteiger partial charge in [-0.3, -0.25) is 14.9 Å². The second-order valence-electron chi connectivity index (χ2n) is 7.47. The van der Waals surface area contributed by atoms with Gasteiger partial charge in [0.1, 0.15) is 5.82 Å². The molecule has 158 valence electrons. The van der Waals surface area contributed by atoms with Gasteiger partial charge in [-0.2, -0.15) is 0 Å². The highest BCUT2D eigenvalue weighted by molar-refractivity contribution is 6.30. The Morgan fingerprint density at radius 2 is 1.93 bits per heavy atom. The number of non-ortho nitro benzene ring substituents is 1. The highest BCUT2D eigenvalue weighted by Gasteiger charge is 2.23. The first-order chi connectivity index (χ1) is 13.7.